The zero-order valence-corrected chi connectivity index (χ0v) is 15.6. The lowest BCUT2D eigenvalue weighted by Crippen LogP contribution is -2.39. The van der Waals surface area contributed by atoms with Crippen molar-refractivity contribution in [3.8, 4) is 0 Å². The predicted molar refractivity (Wildman–Crippen MR) is 98.1 cm³/mol. The molecule has 1 aromatic rings. The summed E-state index contributed by atoms with van der Waals surface area (Å²) in [6.07, 6.45) is 0.689. The van der Waals surface area contributed by atoms with Crippen molar-refractivity contribution in [1.29, 1.82) is 0 Å². The molecule has 3 unspecified atom stereocenters. The van der Waals surface area contributed by atoms with Crippen LogP contribution in [0.5, 0.6) is 0 Å². The number of nitrogens with two attached hydrogens (primary N) is 1. The molecule has 0 radical (unpaired) electrons. The third-order valence-corrected chi connectivity index (χ3v) is 4.41. The van der Waals surface area contributed by atoms with Crippen LogP contribution in [0.1, 0.15) is 45.6 Å². The summed E-state index contributed by atoms with van der Waals surface area (Å²) in [7, 11) is 0. The zero-order valence-electron chi connectivity index (χ0n) is 15.6. The number of esters is 1. The molecule has 1 rings (SSSR count). The Balaban J connectivity index is 3.29. The minimum atomic E-state index is -0.960. The van der Waals surface area contributed by atoms with Crippen molar-refractivity contribution in [1.82, 2.24) is 0 Å². The maximum atomic E-state index is 12.6. The monoisotopic (exact) mass is 349 g/mol. The Hall–Kier alpha value is -1.88. The van der Waals surface area contributed by atoms with Crippen molar-refractivity contribution in [3.63, 3.8) is 0 Å². The average molecular weight is 349 g/mol. The van der Waals surface area contributed by atoms with Gasteiger partial charge in [0.15, 0.2) is 0 Å². The van der Waals surface area contributed by atoms with Crippen LogP contribution in [-0.2, 0) is 14.3 Å². The van der Waals surface area contributed by atoms with E-state index in [1.807, 2.05) is 44.2 Å². The molecule has 140 valence electrons. The molecule has 5 heteroatoms. The quantitative estimate of drug-likeness (QED) is 0.633. The Morgan fingerprint density at radius 2 is 1.68 bits per heavy atom. The van der Waals surface area contributed by atoms with Gasteiger partial charge >= 0.3 is 11.9 Å². The topological polar surface area (TPSA) is 89.6 Å². The van der Waals surface area contributed by atoms with Crippen LogP contribution in [0.2, 0.25) is 0 Å². The summed E-state index contributed by atoms with van der Waals surface area (Å²) in [5.74, 6) is -3.08. The molecule has 0 amide bonds. The van der Waals surface area contributed by atoms with Gasteiger partial charge in [-0.25, -0.2) is 0 Å². The fourth-order valence-corrected chi connectivity index (χ4v) is 3.36. The van der Waals surface area contributed by atoms with E-state index in [0.717, 1.165) is 5.56 Å². The lowest BCUT2D eigenvalue weighted by atomic mass is 9.70. The van der Waals surface area contributed by atoms with Crippen molar-refractivity contribution in [2.75, 3.05) is 13.2 Å². The normalized spacial score (nSPS) is 15.0. The van der Waals surface area contributed by atoms with Crippen molar-refractivity contribution in [2.24, 2.45) is 29.4 Å². The first-order chi connectivity index (χ1) is 11.8. The molecule has 0 aliphatic heterocycles. The van der Waals surface area contributed by atoms with Gasteiger partial charge in [0.25, 0.3) is 0 Å². The molecule has 0 fully saturated rings. The van der Waals surface area contributed by atoms with Crippen LogP contribution in [0.25, 0.3) is 0 Å². The third kappa shape index (κ3) is 6.16. The fraction of sp³-hybridized carbons (Fsp3) is 0.600. The number of carboxylic acid groups (broad SMARTS) is 1. The maximum absolute atomic E-state index is 12.6. The Morgan fingerprint density at radius 3 is 2.12 bits per heavy atom. The maximum Gasteiger partial charge on any atom is 0.310 e. The molecule has 0 bridgehead atoms. The molecule has 0 spiro atoms. The van der Waals surface area contributed by atoms with Crippen LogP contribution in [0, 0.1) is 23.7 Å². The second-order valence-corrected chi connectivity index (χ2v) is 7.24. The highest BCUT2D eigenvalue weighted by Gasteiger charge is 2.42. The summed E-state index contributed by atoms with van der Waals surface area (Å²) in [4.78, 5) is 24.8. The van der Waals surface area contributed by atoms with Gasteiger partial charge in [-0.05, 0) is 29.7 Å². The summed E-state index contributed by atoms with van der Waals surface area (Å²) in [5, 5.41) is 9.98. The van der Waals surface area contributed by atoms with Gasteiger partial charge in [0.2, 0.25) is 0 Å². The van der Waals surface area contributed by atoms with E-state index in [4.69, 9.17) is 10.5 Å². The number of aliphatic carboxylic acids is 1. The number of hydrogen-bond donors (Lipinski definition) is 2. The smallest absolute Gasteiger partial charge is 0.310 e. The van der Waals surface area contributed by atoms with Gasteiger partial charge < -0.3 is 15.6 Å². The van der Waals surface area contributed by atoms with Gasteiger partial charge in [0, 0.05) is 6.54 Å². The molecule has 0 heterocycles. The van der Waals surface area contributed by atoms with Crippen molar-refractivity contribution >= 4 is 11.9 Å². The Morgan fingerprint density at radius 1 is 1.08 bits per heavy atom. The molecule has 0 aliphatic rings. The third-order valence-electron chi connectivity index (χ3n) is 4.41. The summed E-state index contributed by atoms with van der Waals surface area (Å²) >= 11 is 0. The predicted octanol–water partition coefficient (Wildman–Crippen LogP) is 3.29. The molecule has 0 saturated heterocycles. The summed E-state index contributed by atoms with van der Waals surface area (Å²) in [6.45, 7) is 8.18. The summed E-state index contributed by atoms with van der Waals surface area (Å²) < 4.78 is 5.21. The van der Waals surface area contributed by atoms with Crippen LogP contribution in [0.15, 0.2) is 30.3 Å². The average Bonchev–Trinajstić information content (AvgIpc) is 2.55. The van der Waals surface area contributed by atoms with Crippen LogP contribution in [-0.4, -0.2) is 30.2 Å². The first-order valence-electron chi connectivity index (χ1n) is 8.94. The highest BCUT2D eigenvalue weighted by Crippen LogP contribution is 2.39. The standard InChI is InChI=1S/C20H31NO4/c1-13(2)12-16(15-8-6-5-7-9-15)18(19(22)23)17(14(3)4)20(24)25-11-10-21/h5-9,13-14,16-18H,10-12,21H2,1-4H3,(H,22,23). The lowest BCUT2D eigenvalue weighted by molar-refractivity contribution is -0.161. The molecule has 25 heavy (non-hydrogen) atoms. The molecular weight excluding hydrogens is 318 g/mol. The minimum absolute atomic E-state index is 0.106. The van der Waals surface area contributed by atoms with Gasteiger partial charge in [-0.15, -0.1) is 0 Å². The number of ether oxygens (including phenoxy) is 1. The second kappa shape index (κ2) is 10.2. The van der Waals surface area contributed by atoms with E-state index >= 15 is 0 Å². The Bertz CT molecular complexity index is 542. The summed E-state index contributed by atoms with van der Waals surface area (Å²) in [5.41, 5.74) is 6.36. The molecule has 0 aliphatic carbocycles. The van der Waals surface area contributed by atoms with Gasteiger partial charge in [-0.3, -0.25) is 9.59 Å². The molecule has 5 nitrogen and oxygen atoms in total. The van der Waals surface area contributed by atoms with Crippen LogP contribution >= 0.6 is 0 Å². The second-order valence-electron chi connectivity index (χ2n) is 7.24. The largest absolute Gasteiger partial charge is 0.481 e. The van der Waals surface area contributed by atoms with Crippen molar-refractivity contribution in [3.05, 3.63) is 35.9 Å². The van der Waals surface area contributed by atoms with E-state index in [-0.39, 0.29) is 25.0 Å². The highest BCUT2D eigenvalue weighted by molar-refractivity contribution is 5.82. The SMILES string of the molecule is CC(C)CC(c1ccccc1)C(C(=O)O)C(C(=O)OCCN)C(C)C. The molecule has 0 aromatic heterocycles. The van der Waals surface area contributed by atoms with Crippen molar-refractivity contribution in [2.45, 2.75) is 40.0 Å². The van der Waals surface area contributed by atoms with E-state index in [2.05, 4.69) is 13.8 Å². The van der Waals surface area contributed by atoms with E-state index < -0.39 is 23.8 Å². The molecule has 1 aromatic carbocycles. The van der Waals surface area contributed by atoms with Gasteiger partial charge in [-0.2, -0.15) is 0 Å². The van der Waals surface area contributed by atoms with E-state index in [9.17, 15) is 14.7 Å². The van der Waals surface area contributed by atoms with E-state index in [1.54, 1.807) is 0 Å². The number of rotatable bonds is 10. The molecule has 3 N–H and O–H groups in total. The fourth-order valence-electron chi connectivity index (χ4n) is 3.36. The number of hydrogen-bond acceptors (Lipinski definition) is 4. The van der Waals surface area contributed by atoms with Gasteiger partial charge in [-0.1, -0.05) is 58.0 Å². The molecule has 3 atom stereocenters. The zero-order chi connectivity index (χ0) is 19.0. The number of benzene rings is 1. The Labute approximate surface area is 150 Å². The van der Waals surface area contributed by atoms with Crippen LogP contribution in [0.3, 0.4) is 0 Å². The van der Waals surface area contributed by atoms with Crippen molar-refractivity contribution < 1.29 is 19.4 Å². The lowest BCUT2D eigenvalue weighted by Gasteiger charge is -2.33. The number of carbonyl (C=O) groups is 2. The highest BCUT2D eigenvalue weighted by atomic mass is 16.5. The first-order valence-corrected chi connectivity index (χ1v) is 8.94. The van der Waals surface area contributed by atoms with Crippen LogP contribution < -0.4 is 5.73 Å². The van der Waals surface area contributed by atoms with E-state index in [1.165, 1.54) is 0 Å². The molecular formula is C20H31NO4. The number of carboxylic acids is 1. The summed E-state index contributed by atoms with van der Waals surface area (Å²) in [6, 6.07) is 9.58. The minimum Gasteiger partial charge on any atom is -0.481 e. The van der Waals surface area contributed by atoms with Gasteiger partial charge in [0.1, 0.15) is 6.61 Å². The first kappa shape index (κ1) is 21.2. The van der Waals surface area contributed by atoms with Gasteiger partial charge in [0.05, 0.1) is 11.8 Å². The van der Waals surface area contributed by atoms with Crippen LogP contribution in [0.4, 0.5) is 0 Å². The molecule has 0 saturated carbocycles. The van der Waals surface area contributed by atoms with E-state index in [0.29, 0.717) is 12.3 Å². The Kier molecular flexibility index (Phi) is 8.62. The number of carbonyl (C=O) groups excluding carboxylic acids is 1.